The molecule has 27 heavy (non-hydrogen) atoms. The van der Waals surface area contributed by atoms with Crippen LogP contribution in [0.15, 0.2) is 48.5 Å². The summed E-state index contributed by atoms with van der Waals surface area (Å²) in [5, 5.41) is 5.87. The van der Waals surface area contributed by atoms with Crippen molar-refractivity contribution in [3.8, 4) is 5.75 Å². The van der Waals surface area contributed by atoms with Crippen molar-refractivity contribution >= 4 is 11.8 Å². The standard InChI is InChI=1S/C22H28N2O3/c1-5-17-6-8-18(9-7-17)15(2)23-22(26)14-21(24-16(3)25)19-10-12-20(27-4)13-11-19/h6-13,15,21H,5,14H2,1-4H3,(H,23,26)(H,24,25). The van der Waals surface area contributed by atoms with E-state index < -0.39 is 0 Å². The van der Waals surface area contributed by atoms with E-state index in [4.69, 9.17) is 4.74 Å². The van der Waals surface area contributed by atoms with Crippen LogP contribution in [0, 0.1) is 0 Å². The van der Waals surface area contributed by atoms with E-state index in [2.05, 4.69) is 29.7 Å². The molecule has 2 amide bonds. The SMILES string of the molecule is CCc1ccc(C(C)NC(=O)CC(NC(C)=O)c2ccc(OC)cc2)cc1. The van der Waals surface area contributed by atoms with Crippen LogP contribution in [0.1, 0.15) is 56.0 Å². The molecule has 0 aliphatic rings. The molecular weight excluding hydrogens is 340 g/mol. The lowest BCUT2D eigenvalue weighted by molar-refractivity contribution is -0.123. The molecule has 2 unspecified atom stereocenters. The Morgan fingerprint density at radius 3 is 2.07 bits per heavy atom. The molecule has 0 aliphatic carbocycles. The Morgan fingerprint density at radius 1 is 0.963 bits per heavy atom. The second-order valence-corrected chi connectivity index (χ2v) is 6.61. The van der Waals surface area contributed by atoms with E-state index in [1.54, 1.807) is 7.11 Å². The molecule has 0 saturated heterocycles. The first-order chi connectivity index (χ1) is 12.9. The molecule has 0 bridgehead atoms. The molecule has 144 valence electrons. The van der Waals surface area contributed by atoms with E-state index in [0.717, 1.165) is 23.3 Å². The van der Waals surface area contributed by atoms with Gasteiger partial charge in [0.15, 0.2) is 0 Å². The summed E-state index contributed by atoms with van der Waals surface area (Å²) in [6.45, 7) is 5.52. The van der Waals surface area contributed by atoms with Gasteiger partial charge in [-0.05, 0) is 42.2 Å². The van der Waals surface area contributed by atoms with Crippen LogP contribution in [-0.4, -0.2) is 18.9 Å². The van der Waals surface area contributed by atoms with E-state index in [1.807, 2.05) is 43.3 Å². The number of rotatable bonds is 8. The van der Waals surface area contributed by atoms with E-state index in [9.17, 15) is 9.59 Å². The first-order valence-electron chi connectivity index (χ1n) is 9.22. The van der Waals surface area contributed by atoms with E-state index >= 15 is 0 Å². The Bertz CT molecular complexity index is 754. The molecule has 0 fully saturated rings. The van der Waals surface area contributed by atoms with Gasteiger partial charge < -0.3 is 15.4 Å². The van der Waals surface area contributed by atoms with Crippen molar-refractivity contribution in [2.75, 3.05) is 7.11 Å². The molecule has 0 spiro atoms. The van der Waals surface area contributed by atoms with Crippen LogP contribution >= 0.6 is 0 Å². The second kappa shape index (κ2) is 9.76. The van der Waals surface area contributed by atoms with Gasteiger partial charge >= 0.3 is 0 Å². The molecule has 0 aliphatic heterocycles. The molecule has 2 aromatic rings. The summed E-state index contributed by atoms with van der Waals surface area (Å²) in [5.74, 6) is 0.442. The summed E-state index contributed by atoms with van der Waals surface area (Å²) in [6, 6.07) is 15.1. The maximum atomic E-state index is 12.6. The fourth-order valence-electron chi connectivity index (χ4n) is 2.94. The van der Waals surface area contributed by atoms with Crippen LogP contribution in [0.2, 0.25) is 0 Å². The number of aryl methyl sites for hydroxylation is 1. The van der Waals surface area contributed by atoms with Gasteiger partial charge in [0.1, 0.15) is 5.75 Å². The molecule has 0 aromatic heterocycles. The number of hydrogen-bond acceptors (Lipinski definition) is 3. The Labute approximate surface area is 161 Å². The normalized spacial score (nSPS) is 12.7. The third-order valence-corrected chi connectivity index (χ3v) is 4.55. The highest BCUT2D eigenvalue weighted by Crippen LogP contribution is 2.21. The summed E-state index contributed by atoms with van der Waals surface area (Å²) >= 11 is 0. The van der Waals surface area contributed by atoms with Gasteiger partial charge in [0.05, 0.1) is 25.6 Å². The fraction of sp³-hybridized carbons (Fsp3) is 0.364. The van der Waals surface area contributed by atoms with Gasteiger partial charge in [-0.1, -0.05) is 43.3 Å². The lowest BCUT2D eigenvalue weighted by atomic mass is 10.0. The van der Waals surface area contributed by atoms with Crippen molar-refractivity contribution < 1.29 is 14.3 Å². The van der Waals surface area contributed by atoms with Crippen LogP contribution in [0.3, 0.4) is 0 Å². The average Bonchev–Trinajstić information content (AvgIpc) is 2.67. The molecule has 2 rings (SSSR count). The Balaban J connectivity index is 2.04. The van der Waals surface area contributed by atoms with Crippen LogP contribution in [-0.2, 0) is 16.0 Å². The molecule has 2 aromatic carbocycles. The first kappa shape index (κ1) is 20.5. The zero-order valence-electron chi connectivity index (χ0n) is 16.4. The van der Waals surface area contributed by atoms with Gasteiger partial charge in [-0.25, -0.2) is 0 Å². The third kappa shape index (κ3) is 6.13. The number of nitrogens with one attached hydrogen (secondary N) is 2. The Hall–Kier alpha value is -2.82. The van der Waals surface area contributed by atoms with E-state index in [-0.39, 0.29) is 30.3 Å². The molecular formula is C22H28N2O3. The largest absolute Gasteiger partial charge is 0.497 e. The maximum absolute atomic E-state index is 12.6. The summed E-state index contributed by atoms with van der Waals surface area (Å²) in [7, 11) is 1.60. The van der Waals surface area contributed by atoms with Gasteiger partial charge in [0.2, 0.25) is 11.8 Å². The minimum Gasteiger partial charge on any atom is -0.497 e. The van der Waals surface area contributed by atoms with Crippen molar-refractivity contribution in [1.29, 1.82) is 0 Å². The quantitative estimate of drug-likeness (QED) is 0.746. The third-order valence-electron chi connectivity index (χ3n) is 4.55. The number of ether oxygens (including phenoxy) is 1. The Morgan fingerprint density at radius 2 is 1.56 bits per heavy atom. The predicted octanol–water partition coefficient (Wildman–Crippen LogP) is 3.70. The van der Waals surface area contributed by atoms with Crippen LogP contribution in [0.25, 0.3) is 0 Å². The molecule has 5 nitrogen and oxygen atoms in total. The number of benzene rings is 2. The minimum absolute atomic E-state index is 0.0998. The number of carbonyl (C=O) groups excluding carboxylic acids is 2. The molecule has 5 heteroatoms. The molecule has 0 radical (unpaired) electrons. The van der Waals surface area contributed by atoms with Gasteiger partial charge in [0.25, 0.3) is 0 Å². The minimum atomic E-state index is -0.386. The highest BCUT2D eigenvalue weighted by Gasteiger charge is 2.19. The molecule has 0 saturated carbocycles. The van der Waals surface area contributed by atoms with Crippen molar-refractivity contribution in [1.82, 2.24) is 10.6 Å². The Kier molecular flexibility index (Phi) is 7.41. The smallest absolute Gasteiger partial charge is 0.222 e. The summed E-state index contributed by atoms with van der Waals surface area (Å²) < 4.78 is 5.16. The van der Waals surface area contributed by atoms with Gasteiger partial charge in [0, 0.05) is 6.92 Å². The topological polar surface area (TPSA) is 67.4 Å². The van der Waals surface area contributed by atoms with E-state index in [1.165, 1.54) is 12.5 Å². The molecule has 0 heterocycles. The highest BCUT2D eigenvalue weighted by molar-refractivity contribution is 5.79. The zero-order chi connectivity index (χ0) is 19.8. The highest BCUT2D eigenvalue weighted by atomic mass is 16.5. The number of carbonyl (C=O) groups is 2. The number of hydrogen-bond donors (Lipinski definition) is 2. The lowest BCUT2D eigenvalue weighted by Gasteiger charge is -2.20. The van der Waals surface area contributed by atoms with Crippen LogP contribution in [0.4, 0.5) is 0 Å². The van der Waals surface area contributed by atoms with Gasteiger partial charge in [-0.15, -0.1) is 0 Å². The molecule has 2 atom stereocenters. The van der Waals surface area contributed by atoms with Crippen molar-refractivity contribution in [3.05, 3.63) is 65.2 Å². The van der Waals surface area contributed by atoms with Crippen LogP contribution < -0.4 is 15.4 Å². The summed E-state index contributed by atoms with van der Waals surface area (Å²) in [6.07, 6.45) is 1.16. The maximum Gasteiger partial charge on any atom is 0.222 e. The molecule has 2 N–H and O–H groups in total. The van der Waals surface area contributed by atoms with Crippen LogP contribution in [0.5, 0.6) is 5.75 Å². The summed E-state index contributed by atoms with van der Waals surface area (Å²) in [4.78, 5) is 24.1. The first-order valence-corrected chi connectivity index (χ1v) is 9.22. The summed E-state index contributed by atoms with van der Waals surface area (Å²) in [5.41, 5.74) is 3.18. The van der Waals surface area contributed by atoms with Crippen molar-refractivity contribution in [3.63, 3.8) is 0 Å². The fourth-order valence-corrected chi connectivity index (χ4v) is 2.94. The zero-order valence-corrected chi connectivity index (χ0v) is 16.4. The van der Waals surface area contributed by atoms with Gasteiger partial charge in [-0.3, -0.25) is 9.59 Å². The second-order valence-electron chi connectivity index (χ2n) is 6.61. The average molecular weight is 368 g/mol. The lowest BCUT2D eigenvalue weighted by Crippen LogP contribution is -2.33. The van der Waals surface area contributed by atoms with E-state index in [0.29, 0.717) is 0 Å². The van der Waals surface area contributed by atoms with Crippen molar-refractivity contribution in [2.45, 2.75) is 45.7 Å². The van der Waals surface area contributed by atoms with Gasteiger partial charge in [-0.2, -0.15) is 0 Å². The number of amides is 2. The number of methoxy groups -OCH3 is 1. The predicted molar refractivity (Wildman–Crippen MR) is 107 cm³/mol. The van der Waals surface area contributed by atoms with Crippen molar-refractivity contribution in [2.24, 2.45) is 0 Å². The monoisotopic (exact) mass is 368 g/mol.